The normalized spacial score (nSPS) is 15.4. The number of thiophene rings is 1. The number of ketones is 1. The molecule has 0 saturated heterocycles. The Morgan fingerprint density at radius 3 is 2.89 bits per heavy atom. The number of allylic oxidation sites excluding steroid dienone is 1. The molecule has 1 aromatic carbocycles. The summed E-state index contributed by atoms with van der Waals surface area (Å²) in [4.78, 5) is 24.6. The van der Waals surface area contributed by atoms with Gasteiger partial charge in [0.2, 0.25) is 0 Å². The average molecular weight is 269 g/mol. The summed E-state index contributed by atoms with van der Waals surface area (Å²) in [5.74, 6) is -0.347. The fraction of sp³-hybridized carbons (Fsp3) is 0.0667. The minimum absolute atomic E-state index is 0.130. The molecular weight excluding hydrogens is 258 g/mol. The van der Waals surface area contributed by atoms with Crippen LogP contribution >= 0.6 is 11.3 Å². The largest absolute Gasteiger partial charge is 0.321 e. The summed E-state index contributed by atoms with van der Waals surface area (Å²) < 4.78 is 0. The lowest BCUT2D eigenvalue weighted by Crippen LogP contribution is -2.05. The Kier molecular flexibility index (Phi) is 2.80. The zero-order chi connectivity index (χ0) is 13.4. The molecule has 3 nitrogen and oxygen atoms in total. The number of carbonyl (C=O) groups excluding carboxylic acids is 2. The molecule has 0 aliphatic carbocycles. The van der Waals surface area contributed by atoms with E-state index in [1.165, 1.54) is 17.4 Å². The van der Waals surface area contributed by atoms with Gasteiger partial charge in [0.05, 0.1) is 10.5 Å². The lowest BCUT2D eigenvalue weighted by atomic mass is 10.0. The quantitative estimate of drug-likeness (QED) is 0.671. The number of hydrogen-bond acceptors (Lipinski definition) is 3. The lowest BCUT2D eigenvalue weighted by molar-refractivity contribution is -0.110. The van der Waals surface area contributed by atoms with Gasteiger partial charge in [0, 0.05) is 17.3 Å². The monoisotopic (exact) mass is 269 g/mol. The third-order valence-electron chi connectivity index (χ3n) is 3.00. The number of benzene rings is 1. The van der Waals surface area contributed by atoms with Crippen LogP contribution < -0.4 is 5.32 Å². The fourth-order valence-electron chi connectivity index (χ4n) is 2.07. The van der Waals surface area contributed by atoms with E-state index in [9.17, 15) is 9.59 Å². The summed E-state index contributed by atoms with van der Waals surface area (Å²) in [6, 6.07) is 9.29. The number of carbonyl (C=O) groups is 2. The molecule has 0 fully saturated rings. The molecule has 0 bridgehead atoms. The Morgan fingerprint density at radius 2 is 2.16 bits per heavy atom. The first-order chi connectivity index (χ1) is 9.15. The smallest absolute Gasteiger partial charge is 0.256 e. The van der Waals surface area contributed by atoms with E-state index in [0.29, 0.717) is 10.5 Å². The zero-order valence-corrected chi connectivity index (χ0v) is 11.1. The van der Waals surface area contributed by atoms with Gasteiger partial charge >= 0.3 is 0 Å². The molecule has 0 radical (unpaired) electrons. The van der Waals surface area contributed by atoms with Crippen LogP contribution in [-0.2, 0) is 4.79 Å². The van der Waals surface area contributed by atoms with Gasteiger partial charge in [0.25, 0.3) is 5.91 Å². The number of aryl methyl sites for hydroxylation is 1. The van der Waals surface area contributed by atoms with E-state index in [4.69, 9.17) is 0 Å². The third kappa shape index (κ3) is 2.11. The summed E-state index contributed by atoms with van der Waals surface area (Å²) >= 11 is 1.37. The Bertz CT molecular complexity index is 699. The molecule has 1 N–H and O–H groups in total. The van der Waals surface area contributed by atoms with Gasteiger partial charge in [-0.2, -0.15) is 0 Å². The standard InChI is InChI=1S/C15H11NO2S/c1-9-4-5-12-10(7-9)11(15(18)16-12)8-13(17)14-3-2-6-19-14/h2-8H,1H3,(H,16,18). The number of anilines is 1. The van der Waals surface area contributed by atoms with Crippen LogP contribution in [-0.4, -0.2) is 11.7 Å². The van der Waals surface area contributed by atoms with E-state index in [1.807, 2.05) is 36.6 Å². The van der Waals surface area contributed by atoms with Crippen LogP contribution in [0.5, 0.6) is 0 Å². The van der Waals surface area contributed by atoms with Crippen molar-refractivity contribution >= 4 is 34.3 Å². The van der Waals surface area contributed by atoms with Gasteiger partial charge in [-0.15, -0.1) is 11.3 Å². The lowest BCUT2D eigenvalue weighted by Gasteiger charge is -1.99. The molecule has 1 amide bonds. The van der Waals surface area contributed by atoms with Crippen molar-refractivity contribution in [1.29, 1.82) is 0 Å². The molecular formula is C15H11NO2S. The number of rotatable bonds is 2. The second kappa shape index (κ2) is 4.48. The van der Waals surface area contributed by atoms with Crippen molar-refractivity contribution in [2.45, 2.75) is 6.92 Å². The minimum Gasteiger partial charge on any atom is -0.321 e. The van der Waals surface area contributed by atoms with Crippen LogP contribution in [0.15, 0.2) is 41.8 Å². The average Bonchev–Trinajstić information content (AvgIpc) is 2.99. The molecule has 19 heavy (non-hydrogen) atoms. The minimum atomic E-state index is -0.217. The third-order valence-corrected chi connectivity index (χ3v) is 3.88. The highest BCUT2D eigenvalue weighted by atomic mass is 32.1. The van der Waals surface area contributed by atoms with Gasteiger partial charge < -0.3 is 5.32 Å². The molecule has 0 unspecified atom stereocenters. The molecule has 94 valence electrons. The van der Waals surface area contributed by atoms with Crippen molar-refractivity contribution < 1.29 is 9.59 Å². The Morgan fingerprint density at radius 1 is 1.32 bits per heavy atom. The molecule has 1 aliphatic heterocycles. The summed E-state index contributed by atoms with van der Waals surface area (Å²) in [5.41, 5.74) is 3.07. The highest BCUT2D eigenvalue weighted by Crippen LogP contribution is 2.32. The van der Waals surface area contributed by atoms with Crippen molar-refractivity contribution in [3.05, 3.63) is 57.8 Å². The molecule has 2 heterocycles. The molecule has 0 spiro atoms. The van der Waals surface area contributed by atoms with E-state index in [-0.39, 0.29) is 11.7 Å². The maximum atomic E-state index is 12.1. The molecule has 0 atom stereocenters. The summed E-state index contributed by atoms with van der Waals surface area (Å²) in [6.07, 6.45) is 1.42. The molecule has 4 heteroatoms. The van der Waals surface area contributed by atoms with Crippen LogP contribution in [0.3, 0.4) is 0 Å². The number of hydrogen-bond donors (Lipinski definition) is 1. The topological polar surface area (TPSA) is 46.2 Å². The van der Waals surface area contributed by atoms with E-state index in [1.54, 1.807) is 6.07 Å². The van der Waals surface area contributed by atoms with E-state index >= 15 is 0 Å². The van der Waals surface area contributed by atoms with Crippen LogP contribution in [0.25, 0.3) is 5.57 Å². The maximum Gasteiger partial charge on any atom is 0.256 e. The highest BCUT2D eigenvalue weighted by molar-refractivity contribution is 7.12. The summed E-state index contributed by atoms with van der Waals surface area (Å²) in [5, 5.41) is 4.62. The molecule has 1 aliphatic rings. The van der Waals surface area contributed by atoms with Crippen molar-refractivity contribution in [2.24, 2.45) is 0 Å². The summed E-state index contributed by atoms with van der Waals surface area (Å²) in [6.45, 7) is 1.96. The van der Waals surface area contributed by atoms with Crippen molar-refractivity contribution in [2.75, 3.05) is 5.32 Å². The molecule has 2 aromatic rings. The second-order valence-electron chi connectivity index (χ2n) is 4.40. The van der Waals surface area contributed by atoms with Crippen molar-refractivity contribution in [3.63, 3.8) is 0 Å². The van der Waals surface area contributed by atoms with Crippen LogP contribution in [0, 0.1) is 6.92 Å². The fourth-order valence-corrected chi connectivity index (χ4v) is 2.70. The van der Waals surface area contributed by atoms with Gasteiger partial charge in [0.1, 0.15) is 0 Å². The van der Waals surface area contributed by atoms with Gasteiger partial charge in [-0.1, -0.05) is 17.7 Å². The van der Waals surface area contributed by atoms with E-state index < -0.39 is 0 Å². The number of nitrogens with one attached hydrogen (secondary N) is 1. The SMILES string of the molecule is Cc1ccc2c(c1)C(=CC(=O)c1cccs1)C(=O)N2. The number of fused-ring (bicyclic) bond motifs is 1. The van der Waals surface area contributed by atoms with E-state index in [2.05, 4.69) is 5.32 Å². The maximum absolute atomic E-state index is 12.1. The highest BCUT2D eigenvalue weighted by Gasteiger charge is 2.25. The predicted molar refractivity (Wildman–Crippen MR) is 76.4 cm³/mol. The van der Waals surface area contributed by atoms with E-state index in [0.717, 1.165) is 16.8 Å². The van der Waals surface area contributed by atoms with Gasteiger partial charge in [-0.05, 0) is 30.5 Å². The first-order valence-electron chi connectivity index (χ1n) is 5.87. The Balaban J connectivity index is 2.04. The van der Waals surface area contributed by atoms with Gasteiger partial charge in [0.15, 0.2) is 5.78 Å². The van der Waals surface area contributed by atoms with Gasteiger partial charge in [-0.3, -0.25) is 9.59 Å². The van der Waals surface area contributed by atoms with Gasteiger partial charge in [-0.25, -0.2) is 0 Å². The first-order valence-corrected chi connectivity index (χ1v) is 6.75. The van der Waals surface area contributed by atoms with Crippen LogP contribution in [0.4, 0.5) is 5.69 Å². The zero-order valence-electron chi connectivity index (χ0n) is 10.3. The van der Waals surface area contributed by atoms with Crippen molar-refractivity contribution in [1.82, 2.24) is 0 Å². The van der Waals surface area contributed by atoms with Crippen LogP contribution in [0.1, 0.15) is 20.8 Å². The molecule has 3 rings (SSSR count). The summed E-state index contributed by atoms with van der Waals surface area (Å²) in [7, 11) is 0. The Hall–Kier alpha value is -2.20. The molecule has 1 aromatic heterocycles. The predicted octanol–water partition coefficient (Wildman–Crippen LogP) is 3.27. The number of amides is 1. The first kappa shape index (κ1) is 11.9. The van der Waals surface area contributed by atoms with Crippen molar-refractivity contribution in [3.8, 4) is 0 Å². The molecule has 0 saturated carbocycles. The second-order valence-corrected chi connectivity index (χ2v) is 5.35. The van der Waals surface area contributed by atoms with Crippen LogP contribution in [0.2, 0.25) is 0 Å². The Labute approximate surface area is 114 Å².